The SMILES string of the molecule is C[C@]1(C(=O)Nc2nc(Cc3ccc(-c4ccncc4)cc3)cs2)Cc2ccccc2[C@H]1c1ccccc1. The lowest BCUT2D eigenvalue weighted by Crippen LogP contribution is -2.37. The lowest BCUT2D eigenvalue weighted by Gasteiger charge is -2.30. The van der Waals surface area contributed by atoms with Gasteiger partial charge in [0, 0.05) is 30.1 Å². The quantitative estimate of drug-likeness (QED) is 0.269. The molecule has 1 N–H and O–H groups in total. The Balaban J connectivity index is 1.19. The highest BCUT2D eigenvalue weighted by Crippen LogP contribution is 2.51. The fraction of sp³-hybridized carbons (Fsp3) is 0.156. The van der Waals surface area contributed by atoms with Crippen LogP contribution in [0.15, 0.2) is 109 Å². The van der Waals surface area contributed by atoms with Crippen LogP contribution in [-0.4, -0.2) is 15.9 Å². The predicted octanol–water partition coefficient (Wildman–Crippen LogP) is 7.13. The van der Waals surface area contributed by atoms with Crippen LogP contribution in [-0.2, 0) is 17.6 Å². The third kappa shape index (κ3) is 4.58. The summed E-state index contributed by atoms with van der Waals surface area (Å²) in [7, 11) is 0. The Labute approximate surface area is 221 Å². The average molecular weight is 502 g/mol. The van der Waals surface area contributed by atoms with Crippen molar-refractivity contribution in [1.82, 2.24) is 9.97 Å². The van der Waals surface area contributed by atoms with Crippen LogP contribution in [0.1, 0.15) is 40.8 Å². The first-order valence-corrected chi connectivity index (χ1v) is 13.4. The number of amides is 1. The number of aromatic nitrogens is 2. The van der Waals surface area contributed by atoms with Gasteiger partial charge in [0.1, 0.15) is 0 Å². The highest BCUT2D eigenvalue weighted by molar-refractivity contribution is 7.13. The summed E-state index contributed by atoms with van der Waals surface area (Å²) < 4.78 is 0. The Kier molecular flexibility index (Phi) is 6.15. The minimum Gasteiger partial charge on any atom is -0.301 e. The van der Waals surface area contributed by atoms with E-state index < -0.39 is 5.41 Å². The van der Waals surface area contributed by atoms with E-state index in [1.54, 1.807) is 12.4 Å². The zero-order valence-corrected chi connectivity index (χ0v) is 21.4. The van der Waals surface area contributed by atoms with Gasteiger partial charge < -0.3 is 5.32 Å². The fourth-order valence-electron chi connectivity index (χ4n) is 5.48. The molecule has 0 aliphatic heterocycles. The monoisotopic (exact) mass is 501 g/mol. The summed E-state index contributed by atoms with van der Waals surface area (Å²) in [6.45, 7) is 2.08. The topological polar surface area (TPSA) is 54.9 Å². The molecule has 0 bridgehead atoms. The van der Waals surface area contributed by atoms with Crippen LogP contribution in [0.2, 0.25) is 0 Å². The number of hydrogen-bond donors (Lipinski definition) is 1. The molecule has 0 unspecified atom stereocenters. The molecule has 5 heteroatoms. The van der Waals surface area contributed by atoms with Gasteiger partial charge in [0.2, 0.25) is 5.91 Å². The summed E-state index contributed by atoms with van der Waals surface area (Å²) in [5.41, 5.74) is 7.50. The van der Waals surface area contributed by atoms with Gasteiger partial charge in [0.15, 0.2) is 5.13 Å². The van der Waals surface area contributed by atoms with Crippen LogP contribution in [0.25, 0.3) is 11.1 Å². The molecule has 0 spiro atoms. The Bertz CT molecular complexity index is 1530. The maximum absolute atomic E-state index is 13.8. The first-order valence-electron chi connectivity index (χ1n) is 12.5. The minimum atomic E-state index is -0.598. The number of benzene rings is 3. The van der Waals surface area contributed by atoms with Crippen molar-refractivity contribution in [1.29, 1.82) is 0 Å². The number of hydrogen-bond acceptors (Lipinski definition) is 4. The Morgan fingerprint density at radius 3 is 2.41 bits per heavy atom. The molecule has 0 radical (unpaired) electrons. The molecule has 2 aromatic heterocycles. The van der Waals surface area contributed by atoms with E-state index in [2.05, 4.69) is 77.9 Å². The molecule has 5 aromatic rings. The highest BCUT2D eigenvalue weighted by atomic mass is 32.1. The van der Waals surface area contributed by atoms with Crippen LogP contribution in [0.5, 0.6) is 0 Å². The van der Waals surface area contributed by atoms with E-state index in [0.717, 1.165) is 23.2 Å². The van der Waals surface area contributed by atoms with Gasteiger partial charge in [-0.2, -0.15) is 0 Å². The van der Waals surface area contributed by atoms with Gasteiger partial charge in [-0.1, -0.05) is 78.9 Å². The number of pyridine rings is 1. The lowest BCUT2D eigenvalue weighted by atomic mass is 9.73. The van der Waals surface area contributed by atoms with Gasteiger partial charge in [-0.25, -0.2) is 4.98 Å². The maximum Gasteiger partial charge on any atom is 0.233 e. The number of nitrogens with zero attached hydrogens (tertiary/aromatic N) is 2. The van der Waals surface area contributed by atoms with Crippen LogP contribution >= 0.6 is 11.3 Å². The van der Waals surface area contributed by atoms with E-state index in [9.17, 15) is 4.79 Å². The molecule has 4 nitrogen and oxygen atoms in total. The summed E-state index contributed by atoms with van der Waals surface area (Å²) in [6, 6.07) is 31.3. The third-order valence-electron chi connectivity index (χ3n) is 7.34. The van der Waals surface area contributed by atoms with Crippen LogP contribution < -0.4 is 5.32 Å². The normalized spacial score (nSPS) is 18.4. The summed E-state index contributed by atoms with van der Waals surface area (Å²) in [6.07, 6.45) is 5.04. The number of fused-ring (bicyclic) bond motifs is 1. The molecule has 1 amide bonds. The van der Waals surface area contributed by atoms with E-state index in [0.29, 0.717) is 11.6 Å². The zero-order valence-electron chi connectivity index (χ0n) is 20.6. The Morgan fingerprint density at radius 2 is 1.62 bits per heavy atom. The molecule has 1 aliphatic rings. The number of nitrogens with one attached hydrogen (secondary N) is 1. The molecule has 6 rings (SSSR count). The minimum absolute atomic E-state index is 0.00300. The number of anilines is 1. The van der Waals surface area contributed by atoms with Crippen molar-refractivity contribution >= 4 is 22.4 Å². The molecule has 2 atom stereocenters. The van der Waals surface area contributed by atoms with Crippen molar-refractivity contribution in [3.63, 3.8) is 0 Å². The Hall–Kier alpha value is -4.09. The number of carbonyl (C=O) groups excluding carboxylic acids is 1. The maximum atomic E-state index is 13.8. The lowest BCUT2D eigenvalue weighted by molar-refractivity contribution is -0.125. The highest BCUT2D eigenvalue weighted by Gasteiger charge is 2.48. The summed E-state index contributed by atoms with van der Waals surface area (Å²) >= 11 is 1.49. The van der Waals surface area contributed by atoms with Gasteiger partial charge >= 0.3 is 0 Å². The average Bonchev–Trinajstić information content (AvgIpc) is 3.51. The zero-order chi connectivity index (χ0) is 25.2. The third-order valence-corrected chi connectivity index (χ3v) is 8.14. The van der Waals surface area contributed by atoms with E-state index in [-0.39, 0.29) is 11.8 Å². The largest absolute Gasteiger partial charge is 0.301 e. The standard InChI is InChI=1S/C32H27N3OS/c1-32(20-26-9-5-6-10-28(26)29(32)25-7-3-2-4-8-25)30(36)35-31-34-27(21-37-31)19-22-11-13-23(14-12-22)24-15-17-33-18-16-24/h2-18,21,29H,19-20H2,1H3,(H,34,35,36)/t29-,32+/m1/s1. The van der Waals surface area contributed by atoms with Gasteiger partial charge in [0.25, 0.3) is 0 Å². The van der Waals surface area contributed by atoms with Crippen LogP contribution in [0.3, 0.4) is 0 Å². The molecule has 0 saturated carbocycles. The van der Waals surface area contributed by atoms with E-state index in [1.807, 2.05) is 35.7 Å². The molecule has 3 aromatic carbocycles. The number of rotatable bonds is 6. The second-order valence-corrected chi connectivity index (χ2v) is 10.7. The van der Waals surface area contributed by atoms with Crippen LogP contribution in [0.4, 0.5) is 5.13 Å². The second kappa shape index (κ2) is 9.75. The van der Waals surface area contributed by atoms with Gasteiger partial charge in [0.05, 0.1) is 11.1 Å². The number of thiazole rings is 1. The molecule has 2 heterocycles. The van der Waals surface area contributed by atoms with Crippen molar-refractivity contribution in [3.05, 3.63) is 137 Å². The predicted molar refractivity (Wildman–Crippen MR) is 150 cm³/mol. The molecule has 0 saturated heterocycles. The molecule has 1 aliphatic carbocycles. The fourth-order valence-corrected chi connectivity index (χ4v) is 6.18. The van der Waals surface area contributed by atoms with E-state index in [1.165, 1.54) is 33.6 Å². The van der Waals surface area contributed by atoms with Gasteiger partial charge in [-0.05, 0) is 58.9 Å². The summed E-state index contributed by atoms with van der Waals surface area (Å²) in [5.74, 6) is 0.0170. The van der Waals surface area contributed by atoms with Crippen molar-refractivity contribution in [2.24, 2.45) is 5.41 Å². The number of carbonyl (C=O) groups is 1. The van der Waals surface area contributed by atoms with Gasteiger partial charge in [-0.3, -0.25) is 9.78 Å². The van der Waals surface area contributed by atoms with Crippen molar-refractivity contribution in [3.8, 4) is 11.1 Å². The second-order valence-electron chi connectivity index (χ2n) is 9.84. The molecule has 182 valence electrons. The van der Waals surface area contributed by atoms with Crippen molar-refractivity contribution in [2.45, 2.75) is 25.7 Å². The van der Waals surface area contributed by atoms with E-state index >= 15 is 0 Å². The van der Waals surface area contributed by atoms with Crippen molar-refractivity contribution in [2.75, 3.05) is 5.32 Å². The summed E-state index contributed by atoms with van der Waals surface area (Å²) in [5, 5.41) is 5.84. The smallest absolute Gasteiger partial charge is 0.233 e. The molecular formula is C32H27N3OS. The molecule has 0 fully saturated rings. The first-order chi connectivity index (χ1) is 18.1. The summed E-state index contributed by atoms with van der Waals surface area (Å²) in [4.78, 5) is 22.6. The van der Waals surface area contributed by atoms with E-state index in [4.69, 9.17) is 4.98 Å². The van der Waals surface area contributed by atoms with Crippen molar-refractivity contribution < 1.29 is 4.79 Å². The van der Waals surface area contributed by atoms with Gasteiger partial charge in [-0.15, -0.1) is 11.3 Å². The van der Waals surface area contributed by atoms with Crippen LogP contribution in [0, 0.1) is 5.41 Å². The molecular weight excluding hydrogens is 474 g/mol. The molecule has 37 heavy (non-hydrogen) atoms. The Morgan fingerprint density at radius 1 is 0.919 bits per heavy atom. The first kappa shape index (κ1) is 23.3.